The Kier molecular flexibility index (Phi) is 5.00. The number of aromatic nitrogens is 1. The monoisotopic (exact) mass is 347 g/mol. The van der Waals surface area contributed by atoms with Gasteiger partial charge in [-0.2, -0.15) is 0 Å². The molecule has 1 aromatic carbocycles. The zero-order chi connectivity index (χ0) is 17.1. The molecule has 1 amide bonds. The second kappa shape index (κ2) is 7.18. The number of hydrogen-bond donors (Lipinski definition) is 0. The highest BCUT2D eigenvalue weighted by Gasteiger charge is 2.27. The van der Waals surface area contributed by atoms with E-state index in [0.29, 0.717) is 5.56 Å². The predicted molar refractivity (Wildman–Crippen MR) is 93.0 cm³/mol. The molecular weight excluding hydrogens is 329 g/mol. The van der Waals surface area contributed by atoms with Crippen LogP contribution in [0.5, 0.6) is 0 Å². The fourth-order valence-corrected chi connectivity index (χ4v) is 3.29. The third kappa shape index (κ3) is 3.51. The maximum atomic E-state index is 13.2. The maximum Gasteiger partial charge on any atom is 0.255 e. The molecule has 3 rings (SSSR count). The van der Waals surface area contributed by atoms with Crippen LogP contribution in [0.4, 0.5) is 10.2 Å². The molecule has 1 fully saturated rings. The normalized spacial score (nSPS) is 15.4. The summed E-state index contributed by atoms with van der Waals surface area (Å²) in [5, 5.41) is 0.151. The number of nitrogens with zero attached hydrogens (tertiary/aromatic N) is 3. The Hall–Kier alpha value is -2.14. The van der Waals surface area contributed by atoms with E-state index in [1.54, 1.807) is 18.1 Å². The van der Waals surface area contributed by atoms with Gasteiger partial charge in [0.1, 0.15) is 11.6 Å². The second-order valence-corrected chi connectivity index (χ2v) is 6.35. The summed E-state index contributed by atoms with van der Waals surface area (Å²) in [6.45, 7) is 1.69. The molecule has 0 aliphatic carbocycles. The van der Waals surface area contributed by atoms with Crippen molar-refractivity contribution in [1.82, 2.24) is 9.88 Å². The lowest BCUT2D eigenvalue weighted by Gasteiger charge is -2.37. The van der Waals surface area contributed by atoms with Crippen molar-refractivity contribution in [2.24, 2.45) is 0 Å². The summed E-state index contributed by atoms with van der Waals surface area (Å²) in [6, 6.07) is 9.88. The van der Waals surface area contributed by atoms with Crippen LogP contribution in [0.15, 0.2) is 42.6 Å². The van der Waals surface area contributed by atoms with Gasteiger partial charge in [0.05, 0.1) is 10.6 Å². The zero-order valence-corrected chi connectivity index (χ0v) is 14.2. The number of halogens is 2. The van der Waals surface area contributed by atoms with Gasteiger partial charge in [0, 0.05) is 32.4 Å². The van der Waals surface area contributed by atoms with Gasteiger partial charge >= 0.3 is 0 Å². The quantitative estimate of drug-likeness (QED) is 0.851. The van der Waals surface area contributed by atoms with Gasteiger partial charge in [-0.05, 0) is 43.2 Å². The van der Waals surface area contributed by atoms with E-state index in [1.165, 1.54) is 18.2 Å². The summed E-state index contributed by atoms with van der Waals surface area (Å²) in [6.07, 6.45) is 3.50. The van der Waals surface area contributed by atoms with Crippen LogP contribution in [0.3, 0.4) is 0 Å². The molecule has 0 atom stereocenters. The number of benzene rings is 1. The predicted octanol–water partition coefficient (Wildman–Crippen LogP) is 3.62. The minimum Gasteiger partial charge on any atom is -0.356 e. The molecule has 2 aromatic rings. The summed E-state index contributed by atoms with van der Waals surface area (Å²) < 4.78 is 13.2. The smallest absolute Gasteiger partial charge is 0.255 e. The van der Waals surface area contributed by atoms with Crippen molar-refractivity contribution < 1.29 is 9.18 Å². The minimum absolute atomic E-state index is 0.138. The first-order valence-electron chi connectivity index (χ1n) is 7.94. The third-order valence-corrected chi connectivity index (χ3v) is 4.78. The first-order chi connectivity index (χ1) is 11.6. The average Bonchev–Trinajstić information content (AvgIpc) is 2.61. The van der Waals surface area contributed by atoms with Crippen molar-refractivity contribution in [3.05, 3.63) is 59.0 Å². The SMILES string of the molecule is CN(C(=O)c1ccc(F)cc1Cl)C1CCN(c2ccccn2)CC1. The number of pyridine rings is 1. The lowest BCUT2D eigenvalue weighted by molar-refractivity contribution is 0.0709. The number of anilines is 1. The summed E-state index contributed by atoms with van der Waals surface area (Å²) in [5.41, 5.74) is 0.340. The van der Waals surface area contributed by atoms with Gasteiger partial charge in [-0.3, -0.25) is 4.79 Å². The minimum atomic E-state index is -0.442. The van der Waals surface area contributed by atoms with E-state index in [4.69, 9.17) is 11.6 Å². The Labute approximate surface area is 145 Å². The molecule has 0 saturated carbocycles. The van der Waals surface area contributed by atoms with Crippen LogP contribution >= 0.6 is 11.6 Å². The van der Waals surface area contributed by atoms with E-state index in [0.717, 1.165) is 31.7 Å². The van der Waals surface area contributed by atoms with Gasteiger partial charge in [0.2, 0.25) is 0 Å². The van der Waals surface area contributed by atoms with Crippen molar-refractivity contribution in [2.45, 2.75) is 18.9 Å². The molecule has 1 aromatic heterocycles. The van der Waals surface area contributed by atoms with Crippen LogP contribution < -0.4 is 4.90 Å². The molecule has 0 N–H and O–H groups in total. The molecule has 24 heavy (non-hydrogen) atoms. The number of hydrogen-bond acceptors (Lipinski definition) is 3. The Morgan fingerprint density at radius 2 is 2.04 bits per heavy atom. The first kappa shape index (κ1) is 16.7. The van der Waals surface area contributed by atoms with Crippen LogP contribution in [0.25, 0.3) is 0 Å². The van der Waals surface area contributed by atoms with E-state index >= 15 is 0 Å². The average molecular weight is 348 g/mol. The molecule has 2 heterocycles. The van der Waals surface area contributed by atoms with Gasteiger partial charge in [-0.1, -0.05) is 17.7 Å². The standard InChI is InChI=1S/C18H19ClFN3O/c1-22(18(24)15-6-5-13(20)12-16(15)19)14-7-10-23(11-8-14)17-4-2-3-9-21-17/h2-6,9,12,14H,7-8,10-11H2,1H3. The fraction of sp³-hybridized carbons (Fsp3) is 0.333. The van der Waals surface area contributed by atoms with E-state index in [-0.39, 0.29) is 17.0 Å². The van der Waals surface area contributed by atoms with Gasteiger partial charge in [-0.25, -0.2) is 9.37 Å². The van der Waals surface area contributed by atoms with Crippen molar-refractivity contribution in [2.75, 3.05) is 25.0 Å². The summed E-state index contributed by atoms with van der Waals surface area (Å²) in [5.74, 6) is 0.352. The fourth-order valence-electron chi connectivity index (χ4n) is 3.04. The van der Waals surface area contributed by atoms with Crippen LogP contribution in [0, 0.1) is 5.82 Å². The highest BCUT2D eigenvalue weighted by atomic mass is 35.5. The van der Waals surface area contributed by atoms with Crippen molar-refractivity contribution >= 4 is 23.3 Å². The summed E-state index contributed by atoms with van der Waals surface area (Å²) in [4.78, 5) is 20.9. The Balaban J connectivity index is 1.64. The summed E-state index contributed by atoms with van der Waals surface area (Å²) in [7, 11) is 1.78. The van der Waals surface area contributed by atoms with E-state index in [9.17, 15) is 9.18 Å². The highest BCUT2D eigenvalue weighted by Crippen LogP contribution is 2.24. The molecule has 126 valence electrons. The van der Waals surface area contributed by atoms with E-state index < -0.39 is 5.82 Å². The van der Waals surface area contributed by atoms with Crippen molar-refractivity contribution in [3.8, 4) is 0 Å². The lowest BCUT2D eigenvalue weighted by Crippen LogP contribution is -2.46. The molecule has 0 bridgehead atoms. The Morgan fingerprint density at radius 1 is 1.29 bits per heavy atom. The molecule has 1 aliphatic heterocycles. The Bertz CT molecular complexity index is 717. The van der Waals surface area contributed by atoms with E-state index in [1.807, 2.05) is 18.2 Å². The summed E-state index contributed by atoms with van der Waals surface area (Å²) >= 11 is 6.01. The molecule has 0 unspecified atom stereocenters. The van der Waals surface area contributed by atoms with Crippen molar-refractivity contribution in [1.29, 1.82) is 0 Å². The molecule has 0 spiro atoms. The largest absolute Gasteiger partial charge is 0.356 e. The molecule has 4 nitrogen and oxygen atoms in total. The number of amides is 1. The maximum absolute atomic E-state index is 13.2. The van der Waals surface area contributed by atoms with Gasteiger partial charge in [-0.15, -0.1) is 0 Å². The molecule has 1 saturated heterocycles. The van der Waals surface area contributed by atoms with Gasteiger partial charge in [0.25, 0.3) is 5.91 Å². The highest BCUT2D eigenvalue weighted by molar-refractivity contribution is 6.33. The molecule has 0 radical (unpaired) electrons. The number of carbonyl (C=O) groups excluding carboxylic acids is 1. The van der Waals surface area contributed by atoms with Crippen LogP contribution in [0.1, 0.15) is 23.2 Å². The first-order valence-corrected chi connectivity index (χ1v) is 8.32. The van der Waals surface area contributed by atoms with Crippen LogP contribution in [-0.2, 0) is 0 Å². The molecule has 1 aliphatic rings. The third-order valence-electron chi connectivity index (χ3n) is 4.47. The topological polar surface area (TPSA) is 36.4 Å². The van der Waals surface area contributed by atoms with Crippen LogP contribution in [-0.4, -0.2) is 42.0 Å². The second-order valence-electron chi connectivity index (χ2n) is 5.95. The van der Waals surface area contributed by atoms with E-state index in [2.05, 4.69) is 9.88 Å². The number of rotatable bonds is 3. The molecular formula is C18H19ClFN3O. The Morgan fingerprint density at radius 3 is 2.67 bits per heavy atom. The van der Waals surface area contributed by atoms with Gasteiger partial charge in [0.15, 0.2) is 0 Å². The number of carbonyl (C=O) groups is 1. The zero-order valence-electron chi connectivity index (χ0n) is 13.5. The van der Waals surface area contributed by atoms with Gasteiger partial charge < -0.3 is 9.80 Å². The lowest BCUT2D eigenvalue weighted by atomic mass is 10.0. The number of piperidine rings is 1. The van der Waals surface area contributed by atoms with Crippen molar-refractivity contribution in [3.63, 3.8) is 0 Å². The molecule has 6 heteroatoms. The van der Waals surface area contributed by atoms with Crippen LogP contribution in [0.2, 0.25) is 5.02 Å².